The molecule has 0 saturated carbocycles. The highest BCUT2D eigenvalue weighted by Gasteiger charge is 2.30. The van der Waals surface area contributed by atoms with E-state index in [1.807, 2.05) is 32.6 Å². The number of likely N-dealkylation sites (tertiary alicyclic amines) is 1. The zero-order chi connectivity index (χ0) is 17.5. The van der Waals surface area contributed by atoms with Crippen molar-refractivity contribution in [2.45, 2.75) is 83.5 Å². The predicted molar refractivity (Wildman–Crippen MR) is 90.4 cm³/mol. The first-order chi connectivity index (χ1) is 10.8. The summed E-state index contributed by atoms with van der Waals surface area (Å²) >= 11 is 0. The molecule has 1 heterocycles. The summed E-state index contributed by atoms with van der Waals surface area (Å²) < 4.78 is 5.55. The number of nitrogens with zero attached hydrogens (tertiary/aromatic N) is 1. The van der Waals surface area contributed by atoms with Crippen molar-refractivity contribution in [3.63, 3.8) is 0 Å². The lowest BCUT2D eigenvalue weighted by Crippen LogP contribution is -2.48. The summed E-state index contributed by atoms with van der Waals surface area (Å²) in [7, 11) is 0. The highest BCUT2D eigenvalue weighted by Crippen LogP contribution is 2.23. The van der Waals surface area contributed by atoms with Crippen LogP contribution in [-0.2, 0) is 4.74 Å². The fourth-order valence-corrected chi connectivity index (χ4v) is 3.02. The average Bonchev–Trinajstić information content (AvgIpc) is 2.68. The van der Waals surface area contributed by atoms with Gasteiger partial charge in [0.05, 0.1) is 19.3 Å². The van der Waals surface area contributed by atoms with Crippen LogP contribution in [0.4, 0.5) is 4.79 Å². The average molecular weight is 330 g/mol. The summed E-state index contributed by atoms with van der Waals surface area (Å²) in [6.07, 6.45) is 4.77. The summed E-state index contributed by atoms with van der Waals surface area (Å²) in [5.74, 6) is 0. The summed E-state index contributed by atoms with van der Waals surface area (Å²) in [5.41, 5.74) is -0.489. The van der Waals surface area contributed by atoms with Crippen molar-refractivity contribution >= 4 is 6.09 Å². The van der Waals surface area contributed by atoms with Crippen LogP contribution < -0.4 is 5.32 Å². The van der Waals surface area contributed by atoms with E-state index < -0.39 is 5.60 Å². The van der Waals surface area contributed by atoms with Crippen LogP contribution in [0.25, 0.3) is 0 Å². The molecular formula is C17H34N2O4. The Morgan fingerprint density at radius 2 is 1.91 bits per heavy atom. The Kier molecular flexibility index (Phi) is 8.29. The molecule has 0 bridgehead atoms. The lowest BCUT2D eigenvalue weighted by Gasteiger charge is -2.34. The Bertz CT molecular complexity index is 353. The van der Waals surface area contributed by atoms with E-state index in [2.05, 4.69) is 5.32 Å². The van der Waals surface area contributed by atoms with Crippen LogP contribution in [0.2, 0.25) is 0 Å². The first-order valence-corrected chi connectivity index (χ1v) is 8.74. The molecule has 1 rings (SSSR count). The van der Waals surface area contributed by atoms with Gasteiger partial charge in [-0.05, 0) is 47.0 Å². The minimum Gasteiger partial charge on any atom is -0.444 e. The smallest absolute Gasteiger partial charge is 0.410 e. The molecule has 3 N–H and O–H groups in total. The topological polar surface area (TPSA) is 82.0 Å². The quantitative estimate of drug-likeness (QED) is 0.693. The van der Waals surface area contributed by atoms with Gasteiger partial charge in [0.25, 0.3) is 0 Å². The maximum absolute atomic E-state index is 12.5. The van der Waals surface area contributed by atoms with E-state index in [0.29, 0.717) is 0 Å². The molecule has 136 valence electrons. The highest BCUT2D eigenvalue weighted by atomic mass is 16.6. The van der Waals surface area contributed by atoms with Crippen LogP contribution in [-0.4, -0.2) is 64.7 Å². The number of hydrogen-bond donors (Lipinski definition) is 3. The SMILES string of the molecule is CC(CC1CCCCCN1C(=O)OC(C)(C)C)NC(CO)CO. The van der Waals surface area contributed by atoms with Crippen molar-refractivity contribution < 1.29 is 19.7 Å². The van der Waals surface area contributed by atoms with Gasteiger partial charge < -0.3 is 25.2 Å². The number of amides is 1. The van der Waals surface area contributed by atoms with Crippen LogP contribution in [0.5, 0.6) is 0 Å². The number of carbonyl (C=O) groups is 1. The molecule has 0 radical (unpaired) electrons. The molecule has 0 aromatic rings. The van der Waals surface area contributed by atoms with Crippen molar-refractivity contribution in [2.75, 3.05) is 19.8 Å². The molecule has 1 fully saturated rings. The fraction of sp³-hybridized carbons (Fsp3) is 0.941. The number of rotatable bonds is 6. The minimum atomic E-state index is -0.489. The van der Waals surface area contributed by atoms with E-state index in [0.717, 1.165) is 38.6 Å². The Balaban J connectivity index is 2.68. The fourth-order valence-electron chi connectivity index (χ4n) is 3.02. The zero-order valence-electron chi connectivity index (χ0n) is 15.0. The third-order valence-corrected chi connectivity index (χ3v) is 4.09. The molecule has 1 aliphatic rings. The molecule has 6 heteroatoms. The zero-order valence-corrected chi connectivity index (χ0v) is 15.0. The lowest BCUT2D eigenvalue weighted by atomic mass is 10.0. The lowest BCUT2D eigenvalue weighted by molar-refractivity contribution is 0.0146. The van der Waals surface area contributed by atoms with Crippen LogP contribution in [0, 0.1) is 0 Å². The number of carbonyl (C=O) groups excluding carboxylic acids is 1. The second-order valence-electron chi connectivity index (χ2n) is 7.54. The van der Waals surface area contributed by atoms with E-state index >= 15 is 0 Å². The molecule has 6 nitrogen and oxygen atoms in total. The summed E-state index contributed by atoms with van der Waals surface area (Å²) in [6, 6.07) is -0.0778. The van der Waals surface area contributed by atoms with Gasteiger partial charge in [-0.2, -0.15) is 0 Å². The molecule has 1 aliphatic heterocycles. The number of nitrogens with one attached hydrogen (secondary N) is 1. The molecule has 0 aliphatic carbocycles. The highest BCUT2D eigenvalue weighted by molar-refractivity contribution is 5.68. The standard InChI is InChI=1S/C17H34N2O4/c1-13(18-14(11-20)12-21)10-15-8-6-5-7-9-19(15)16(22)23-17(2,3)4/h13-15,18,20-21H,5-12H2,1-4H3. The molecule has 0 aromatic carbocycles. The number of hydrogen-bond acceptors (Lipinski definition) is 5. The first kappa shape index (κ1) is 20.2. The van der Waals surface area contributed by atoms with Gasteiger partial charge in [-0.15, -0.1) is 0 Å². The molecule has 0 aromatic heterocycles. The summed E-state index contributed by atoms with van der Waals surface area (Å²) in [5, 5.41) is 21.6. The number of aliphatic hydroxyl groups is 2. The van der Waals surface area contributed by atoms with Gasteiger partial charge in [0, 0.05) is 18.6 Å². The van der Waals surface area contributed by atoms with E-state index in [9.17, 15) is 15.0 Å². The van der Waals surface area contributed by atoms with Gasteiger partial charge in [-0.25, -0.2) is 4.79 Å². The molecule has 1 saturated heterocycles. The second kappa shape index (κ2) is 9.45. The predicted octanol–water partition coefficient (Wildman–Crippen LogP) is 1.89. The van der Waals surface area contributed by atoms with E-state index in [4.69, 9.17) is 4.74 Å². The van der Waals surface area contributed by atoms with E-state index in [1.165, 1.54) is 0 Å². The van der Waals surface area contributed by atoms with Crippen LogP contribution in [0.15, 0.2) is 0 Å². The van der Waals surface area contributed by atoms with Crippen molar-refractivity contribution in [2.24, 2.45) is 0 Å². The Labute approximate surface area is 140 Å². The second-order valence-corrected chi connectivity index (χ2v) is 7.54. The molecule has 0 spiro atoms. The Hall–Kier alpha value is -0.850. The van der Waals surface area contributed by atoms with Crippen LogP contribution >= 0.6 is 0 Å². The van der Waals surface area contributed by atoms with Gasteiger partial charge in [-0.1, -0.05) is 12.8 Å². The summed E-state index contributed by atoms with van der Waals surface area (Å²) in [4.78, 5) is 14.4. The van der Waals surface area contributed by atoms with Crippen molar-refractivity contribution in [3.05, 3.63) is 0 Å². The van der Waals surface area contributed by atoms with Gasteiger partial charge in [0.15, 0.2) is 0 Å². The third kappa shape index (κ3) is 7.50. The van der Waals surface area contributed by atoms with Gasteiger partial charge in [-0.3, -0.25) is 0 Å². The maximum Gasteiger partial charge on any atom is 0.410 e. The largest absolute Gasteiger partial charge is 0.444 e. The number of aliphatic hydroxyl groups excluding tert-OH is 2. The maximum atomic E-state index is 12.5. The van der Waals surface area contributed by atoms with Gasteiger partial charge >= 0.3 is 6.09 Å². The normalized spacial score (nSPS) is 21.2. The van der Waals surface area contributed by atoms with Crippen molar-refractivity contribution in [1.82, 2.24) is 10.2 Å². The van der Waals surface area contributed by atoms with Crippen molar-refractivity contribution in [1.29, 1.82) is 0 Å². The van der Waals surface area contributed by atoms with E-state index in [1.54, 1.807) is 0 Å². The Morgan fingerprint density at radius 1 is 1.26 bits per heavy atom. The molecule has 2 atom stereocenters. The molecular weight excluding hydrogens is 296 g/mol. The molecule has 1 amide bonds. The Morgan fingerprint density at radius 3 is 2.48 bits per heavy atom. The third-order valence-electron chi connectivity index (χ3n) is 4.09. The van der Waals surface area contributed by atoms with Gasteiger partial charge in [0.2, 0.25) is 0 Å². The molecule has 23 heavy (non-hydrogen) atoms. The van der Waals surface area contributed by atoms with Crippen molar-refractivity contribution in [3.8, 4) is 0 Å². The minimum absolute atomic E-state index is 0.0959. The summed E-state index contributed by atoms with van der Waals surface area (Å²) in [6.45, 7) is 8.22. The number of ether oxygens (including phenoxy) is 1. The van der Waals surface area contributed by atoms with Crippen LogP contribution in [0.1, 0.15) is 59.8 Å². The van der Waals surface area contributed by atoms with Gasteiger partial charge in [0.1, 0.15) is 5.60 Å². The van der Waals surface area contributed by atoms with E-state index in [-0.39, 0.29) is 37.4 Å². The first-order valence-electron chi connectivity index (χ1n) is 8.74. The van der Waals surface area contributed by atoms with Crippen LogP contribution in [0.3, 0.4) is 0 Å². The monoisotopic (exact) mass is 330 g/mol. The molecule has 2 unspecified atom stereocenters.